The SMILES string of the molecule is CC(C)(C)c1ccc(/C=N\Nc2ccc(S(=O)(=O)Nc3ccccc3)cc2[N+](=O)[O-])cc1. The smallest absolute Gasteiger partial charge is 0.280 e. The number of nitro groups is 1. The van der Waals surface area contributed by atoms with E-state index in [0.29, 0.717) is 5.69 Å². The number of sulfonamides is 1. The standard InChI is InChI=1S/C23H24N4O4S/c1-23(2,3)18-11-9-17(10-12-18)16-24-25-21-14-13-20(15-22(21)27(28)29)32(30,31)26-19-7-5-4-6-8-19/h4-16,25-26H,1-3H3/b24-16-. The van der Waals surface area contributed by atoms with Gasteiger partial charge in [0.05, 0.1) is 16.0 Å². The van der Waals surface area contributed by atoms with Crippen molar-refractivity contribution in [2.75, 3.05) is 10.1 Å². The molecule has 0 aliphatic carbocycles. The highest BCUT2D eigenvalue weighted by molar-refractivity contribution is 7.92. The minimum absolute atomic E-state index is 0.0337. The lowest BCUT2D eigenvalue weighted by atomic mass is 9.87. The zero-order valence-corrected chi connectivity index (χ0v) is 18.8. The first-order valence-corrected chi connectivity index (χ1v) is 11.3. The topological polar surface area (TPSA) is 114 Å². The molecule has 0 atom stereocenters. The summed E-state index contributed by atoms with van der Waals surface area (Å²) in [6.45, 7) is 6.36. The molecule has 8 nitrogen and oxygen atoms in total. The maximum absolute atomic E-state index is 12.6. The summed E-state index contributed by atoms with van der Waals surface area (Å²) in [5.41, 5.74) is 4.70. The van der Waals surface area contributed by atoms with Crippen molar-refractivity contribution in [3.8, 4) is 0 Å². The van der Waals surface area contributed by atoms with Crippen LogP contribution in [0.5, 0.6) is 0 Å². The lowest BCUT2D eigenvalue weighted by Crippen LogP contribution is -2.13. The predicted molar refractivity (Wildman–Crippen MR) is 127 cm³/mol. The number of hydrogen-bond acceptors (Lipinski definition) is 6. The molecule has 0 aromatic heterocycles. The molecule has 0 unspecified atom stereocenters. The molecule has 0 spiro atoms. The Bertz CT molecular complexity index is 1230. The third kappa shape index (κ3) is 5.70. The summed E-state index contributed by atoms with van der Waals surface area (Å²) in [5, 5.41) is 15.6. The zero-order chi connectivity index (χ0) is 23.4. The first-order chi connectivity index (χ1) is 15.1. The van der Waals surface area contributed by atoms with Gasteiger partial charge in [0.2, 0.25) is 0 Å². The molecule has 0 aliphatic rings. The van der Waals surface area contributed by atoms with Crippen LogP contribution in [0.2, 0.25) is 0 Å². The van der Waals surface area contributed by atoms with Gasteiger partial charge in [0, 0.05) is 11.8 Å². The Hall–Kier alpha value is -3.72. The van der Waals surface area contributed by atoms with Gasteiger partial charge >= 0.3 is 0 Å². The van der Waals surface area contributed by atoms with E-state index in [9.17, 15) is 18.5 Å². The first-order valence-electron chi connectivity index (χ1n) is 9.82. The Morgan fingerprint density at radius 1 is 0.969 bits per heavy atom. The molecule has 0 saturated heterocycles. The second-order valence-electron chi connectivity index (χ2n) is 8.15. The van der Waals surface area contributed by atoms with Crippen molar-refractivity contribution in [2.45, 2.75) is 31.1 Å². The lowest BCUT2D eigenvalue weighted by Gasteiger charge is -2.18. The van der Waals surface area contributed by atoms with Crippen molar-refractivity contribution >= 4 is 33.3 Å². The molecule has 0 bridgehead atoms. The van der Waals surface area contributed by atoms with Crippen LogP contribution in [0.25, 0.3) is 0 Å². The number of nitrogens with zero attached hydrogens (tertiary/aromatic N) is 2. The van der Waals surface area contributed by atoms with E-state index in [1.807, 2.05) is 24.3 Å². The van der Waals surface area contributed by atoms with Gasteiger partial charge in [0.1, 0.15) is 5.69 Å². The Kier molecular flexibility index (Phi) is 6.59. The average Bonchev–Trinajstić information content (AvgIpc) is 2.74. The van der Waals surface area contributed by atoms with Gasteiger partial charge in [-0.3, -0.25) is 20.3 Å². The van der Waals surface area contributed by atoms with Crippen LogP contribution in [0, 0.1) is 10.1 Å². The number of benzene rings is 3. The van der Waals surface area contributed by atoms with Crippen molar-refractivity contribution in [3.05, 3.63) is 94.0 Å². The lowest BCUT2D eigenvalue weighted by molar-refractivity contribution is -0.384. The maximum Gasteiger partial charge on any atom is 0.295 e. The average molecular weight is 453 g/mol. The second-order valence-corrected chi connectivity index (χ2v) is 9.83. The number of nitrogens with one attached hydrogen (secondary N) is 2. The highest BCUT2D eigenvalue weighted by atomic mass is 32.2. The molecule has 2 N–H and O–H groups in total. The summed E-state index contributed by atoms with van der Waals surface area (Å²) in [4.78, 5) is 10.6. The summed E-state index contributed by atoms with van der Waals surface area (Å²) < 4.78 is 27.6. The van der Waals surface area contributed by atoms with Crippen molar-refractivity contribution in [1.82, 2.24) is 0 Å². The molecule has 0 saturated carbocycles. The molecular weight excluding hydrogens is 428 g/mol. The molecule has 9 heteroatoms. The van der Waals surface area contributed by atoms with Crippen molar-refractivity contribution in [3.63, 3.8) is 0 Å². The third-order valence-electron chi connectivity index (χ3n) is 4.68. The fraction of sp³-hybridized carbons (Fsp3) is 0.174. The largest absolute Gasteiger partial charge is 0.295 e. The fourth-order valence-corrected chi connectivity index (χ4v) is 3.97. The molecule has 3 aromatic carbocycles. The van der Waals surface area contributed by atoms with E-state index in [4.69, 9.17) is 0 Å². The van der Waals surface area contributed by atoms with Crippen molar-refractivity contribution in [2.24, 2.45) is 5.10 Å². The van der Waals surface area contributed by atoms with Crippen molar-refractivity contribution in [1.29, 1.82) is 0 Å². The Balaban J connectivity index is 1.79. The van der Waals surface area contributed by atoms with E-state index in [1.165, 1.54) is 23.9 Å². The van der Waals surface area contributed by atoms with Crippen LogP contribution in [0.3, 0.4) is 0 Å². The van der Waals surface area contributed by atoms with Gasteiger partial charge in [0.15, 0.2) is 0 Å². The van der Waals surface area contributed by atoms with Crippen molar-refractivity contribution < 1.29 is 13.3 Å². The van der Waals surface area contributed by atoms with Gasteiger partial charge in [-0.1, -0.05) is 63.2 Å². The minimum atomic E-state index is -3.99. The summed E-state index contributed by atoms with van der Waals surface area (Å²) in [6.07, 6.45) is 1.54. The molecule has 3 aromatic rings. The van der Waals surface area contributed by atoms with Crippen LogP contribution >= 0.6 is 0 Å². The van der Waals surface area contributed by atoms with Gasteiger partial charge in [-0.15, -0.1) is 0 Å². The number of anilines is 2. The Morgan fingerprint density at radius 3 is 2.22 bits per heavy atom. The molecule has 32 heavy (non-hydrogen) atoms. The molecule has 0 aliphatic heterocycles. The molecule has 166 valence electrons. The predicted octanol–water partition coefficient (Wildman–Crippen LogP) is 5.14. The summed E-state index contributed by atoms with van der Waals surface area (Å²) in [5.74, 6) is 0. The molecular formula is C23H24N4O4S. The summed E-state index contributed by atoms with van der Waals surface area (Å²) >= 11 is 0. The molecule has 0 fully saturated rings. The molecule has 0 amide bonds. The second kappa shape index (κ2) is 9.19. The van der Waals surface area contributed by atoms with E-state index in [-0.39, 0.29) is 16.0 Å². The number of hydrazone groups is 1. The normalized spacial score (nSPS) is 12.0. The zero-order valence-electron chi connectivity index (χ0n) is 17.9. The van der Waals surface area contributed by atoms with E-state index in [0.717, 1.165) is 11.6 Å². The number of hydrogen-bond donors (Lipinski definition) is 2. The number of rotatable bonds is 7. The van der Waals surface area contributed by atoms with E-state index in [1.54, 1.807) is 30.3 Å². The van der Waals surface area contributed by atoms with Crippen LogP contribution in [0.4, 0.5) is 17.1 Å². The maximum atomic E-state index is 12.6. The quantitative estimate of drug-likeness (QED) is 0.293. The number of para-hydroxylation sites is 1. The van der Waals surface area contributed by atoms with Gasteiger partial charge in [0.25, 0.3) is 15.7 Å². The fourth-order valence-electron chi connectivity index (χ4n) is 2.89. The van der Waals surface area contributed by atoms with E-state index in [2.05, 4.69) is 36.0 Å². The van der Waals surface area contributed by atoms with Gasteiger partial charge in [-0.05, 0) is 40.8 Å². The van der Waals surface area contributed by atoms with E-state index < -0.39 is 20.6 Å². The minimum Gasteiger partial charge on any atom is -0.280 e. The summed E-state index contributed by atoms with van der Waals surface area (Å²) in [7, 11) is -3.99. The highest BCUT2D eigenvalue weighted by Crippen LogP contribution is 2.28. The first kappa shape index (κ1) is 23.0. The highest BCUT2D eigenvalue weighted by Gasteiger charge is 2.21. The van der Waals surface area contributed by atoms with Crippen LogP contribution in [-0.4, -0.2) is 19.6 Å². The molecule has 0 radical (unpaired) electrons. The van der Waals surface area contributed by atoms with E-state index >= 15 is 0 Å². The monoisotopic (exact) mass is 452 g/mol. The molecule has 3 rings (SSSR count). The third-order valence-corrected chi connectivity index (χ3v) is 6.06. The number of nitro benzene ring substituents is 1. The van der Waals surface area contributed by atoms with Gasteiger partial charge in [-0.25, -0.2) is 8.42 Å². The van der Waals surface area contributed by atoms with Gasteiger partial charge < -0.3 is 0 Å². The van der Waals surface area contributed by atoms with Crippen LogP contribution < -0.4 is 10.1 Å². The Morgan fingerprint density at radius 2 is 1.62 bits per heavy atom. The molecule has 0 heterocycles. The van der Waals surface area contributed by atoms with Crippen LogP contribution in [-0.2, 0) is 15.4 Å². The Labute approximate surface area is 187 Å². The van der Waals surface area contributed by atoms with Crippen LogP contribution in [0.15, 0.2) is 82.8 Å². The van der Waals surface area contributed by atoms with Crippen LogP contribution in [0.1, 0.15) is 31.9 Å². The summed E-state index contributed by atoms with van der Waals surface area (Å²) in [6, 6.07) is 19.7. The van der Waals surface area contributed by atoms with Gasteiger partial charge in [-0.2, -0.15) is 5.10 Å².